The lowest BCUT2D eigenvalue weighted by atomic mass is 9.99. The van der Waals surface area contributed by atoms with Crippen LogP contribution in [0.2, 0.25) is 0 Å². The maximum atomic E-state index is 13.4. The fourth-order valence-electron chi connectivity index (χ4n) is 3.88. The van der Waals surface area contributed by atoms with Gasteiger partial charge >= 0.3 is 0 Å². The third-order valence-electron chi connectivity index (χ3n) is 5.31. The van der Waals surface area contributed by atoms with Crippen LogP contribution in [-0.2, 0) is 0 Å². The fourth-order valence-corrected chi connectivity index (χ4v) is 3.88. The fraction of sp³-hybridized carbons (Fsp3) is 0.273. The van der Waals surface area contributed by atoms with Crippen LogP contribution in [0.3, 0.4) is 0 Å². The normalized spacial score (nSPS) is 17.1. The van der Waals surface area contributed by atoms with E-state index in [0.29, 0.717) is 23.4 Å². The number of likely N-dealkylation sites (tertiary alicyclic amines) is 1. The van der Waals surface area contributed by atoms with E-state index in [0.717, 1.165) is 26.1 Å². The molecular formula is C22H22FN3O2. The summed E-state index contributed by atoms with van der Waals surface area (Å²) in [5.41, 5.74) is 1.52. The maximum Gasteiger partial charge on any atom is 0.252 e. The molecule has 2 heterocycles. The lowest BCUT2D eigenvalue weighted by Crippen LogP contribution is -2.34. The Hall–Kier alpha value is -2.99. The molecule has 1 saturated heterocycles. The summed E-state index contributed by atoms with van der Waals surface area (Å²) in [4.78, 5) is 29.3. The average molecular weight is 379 g/mol. The minimum absolute atomic E-state index is 0.266. The zero-order valence-electron chi connectivity index (χ0n) is 15.5. The Morgan fingerprint density at radius 2 is 2.00 bits per heavy atom. The second-order valence-electron chi connectivity index (χ2n) is 7.19. The van der Waals surface area contributed by atoms with Crippen LogP contribution >= 0.6 is 0 Å². The van der Waals surface area contributed by atoms with Crippen LogP contribution < -0.4 is 10.9 Å². The standard InChI is InChI=1S/C22H22FN3O2/c23-17-6-7-18-19(13-21(27)25-20(18)12-17)22(28)24-9-11-26-10-8-16(14-26)15-4-2-1-3-5-15/h1-7,12-13,16H,8-11,14H2,(H,24,28)(H,25,27)/t16-/m1/s1. The van der Waals surface area contributed by atoms with Crippen molar-refractivity contribution in [3.63, 3.8) is 0 Å². The van der Waals surface area contributed by atoms with Crippen molar-refractivity contribution in [2.75, 3.05) is 26.2 Å². The smallest absolute Gasteiger partial charge is 0.252 e. The van der Waals surface area contributed by atoms with Crippen LogP contribution in [0.15, 0.2) is 59.4 Å². The Kier molecular flexibility index (Phi) is 5.21. The van der Waals surface area contributed by atoms with Crippen LogP contribution in [0.5, 0.6) is 0 Å². The molecule has 0 spiro atoms. The molecule has 0 saturated carbocycles. The van der Waals surface area contributed by atoms with Gasteiger partial charge in [0.15, 0.2) is 0 Å². The number of fused-ring (bicyclic) bond motifs is 1. The molecule has 0 unspecified atom stereocenters. The van der Waals surface area contributed by atoms with Gasteiger partial charge in [0.1, 0.15) is 5.82 Å². The number of aromatic amines is 1. The molecule has 0 bridgehead atoms. The molecule has 2 aromatic carbocycles. The molecule has 4 rings (SSSR count). The van der Waals surface area contributed by atoms with Gasteiger partial charge in [-0.15, -0.1) is 0 Å². The zero-order chi connectivity index (χ0) is 19.5. The van der Waals surface area contributed by atoms with Crippen molar-refractivity contribution in [2.45, 2.75) is 12.3 Å². The maximum absolute atomic E-state index is 13.4. The first kappa shape index (κ1) is 18.4. The molecule has 1 aliphatic rings. The lowest BCUT2D eigenvalue weighted by molar-refractivity contribution is 0.0951. The molecule has 0 aliphatic carbocycles. The summed E-state index contributed by atoms with van der Waals surface area (Å²) in [5, 5.41) is 3.42. The number of halogens is 1. The van der Waals surface area contributed by atoms with E-state index in [4.69, 9.17) is 0 Å². The van der Waals surface area contributed by atoms with Crippen molar-refractivity contribution in [1.29, 1.82) is 0 Å². The van der Waals surface area contributed by atoms with Gasteiger partial charge in [-0.25, -0.2) is 4.39 Å². The number of nitrogens with zero attached hydrogens (tertiary/aromatic N) is 1. The molecule has 1 aromatic heterocycles. The summed E-state index contributed by atoms with van der Waals surface area (Å²) >= 11 is 0. The van der Waals surface area contributed by atoms with E-state index < -0.39 is 11.4 Å². The second-order valence-corrected chi connectivity index (χ2v) is 7.19. The summed E-state index contributed by atoms with van der Waals surface area (Å²) in [7, 11) is 0. The Balaban J connectivity index is 1.37. The number of hydrogen-bond acceptors (Lipinski definition) is 3. The van der Waals surface area contributed by atoms with Crippen molar-refractivity contribution in [2.24, 2.45) is 0 Å². The van der Waals surface area contributed by atoms with E-state index in [1.54, 1.807) is 0 Å². The summed E-state index contributed by atoms with van der Waals surface area (Å²) in [6.07, 6.45) is 1.11. The van der Waals surface area contributed by atoms with E-state index in [1.165, 1.54) is 29.8 Å². The predicted molar refractivity (Wildman–Crippen MR) is 107 cm³/mol. The number of carbonyl (C=O) groups is 1. The van der Waals surface area contributed by atoms with Crippen LogP contribution in [-0.4, -0.2) is 42.0 Å². The highest BCUT2D eigenvalue weighted by molar-refractivity contribution is 6.05. The van der Waals surface area contributed by atoms with E-state index in [9.17, 15) is 14.0 Å². The van der Waals surface area contributed by atoms with Gasteiger partial charge < -0.3 is 15.2 Å². The predicted octanol–water partition coefficient (Wildman–Crippen LogP) is 2.89. The minimum Gasteiger partial charge on any atom is -0.351 e. The molecule has 0 radical (unpaired) electrons. The van der Waals surface area contributed by atoms with Crippen LogP contribution in [0.4, 0.5) is 4.39 Å². The van der Waals surface area contributed by atoms with Gasteiger partial charge in [-0.2, -0.15) is 0 Å². The van der Waals surface area contributed by atoms with E-state index in [-0.39, 0.29) is 11.5 Å². The average Bonchev–Trinajstić information content (AvgIpc) is 3.16. The quantitative estimate of drug-likeness (QED) is 0.716. The van der Waals surface area contributed by atoms with Gasteiger partial charge in [0.2, 0.25) is 5.56 Å². The highest BCUT2D eigenvalue weighted by atomic mass is 19.1. The zero-order valence-corrected chi connectivity index (χ0v) is 15.5. The molecule has 3 aromatic rings. The number of H-pyrrole nitrogens is 1. The van der Waals surface area contributed by atoms with Gasteiger partial charge in [-0.1, -0.05) is 30.3 Å². The third-order valence-corrected chi connectivity index (χ3v) is 5.31. The van der Waals surface area contributed by atoms with E-state index >= 15 is 0 Å². The first-order chi connectivity index (χ1) is 13.6. The molecule has 1 amide bonds. The van der Waals surface area contributed by atoms with Crippen LogP contribution in [0.1, 0.15) is 28.3 Å². The second kappa shape index (κ2) is 7.94. The van der Waals surface area contributed by atoms with Crippen molar-refractivity contribution in [3.8, 4) is 0 Å². The summed E-state index contributed by atoms with van der Waals surface area (Å²) in [5.74, 6) is -0.243. The summed E-state index contributed by atoms with van der Waals surface area (Å²) < 4.78 is 13.4. The number of pyridine rings is 1. The van der Waals surface area contributed by atoms with Gasteiger partial charge in [0.25, 0.3) is 5.91 Å². The van der Waals surface area contributed by atoms with Gasteiger partial charge in [-0.3, -0.25) is 9.59 Å². The van der Waals surface area contributed by atoms with Gasteiger partial charge in [0, 0.05) is 31.1 Å². The number of aromatic nitrogens is 1. The van der Waals surface area contributed by atoms with Crippen molar-refractivity contribution >= 4 is 16.8 Å². The molecular weight excluding hydrogens is 357 g/mol. The molecule has 5 nitrogen and oxygen atoms in total. The topological polar surface area (TPSA) is 65.2 Å². The van der Waals surface area contributed by atoms with Crippen LogP contribution in [0.25, 0.3) is 10.9 Å². The summed E-state index contributed by atoms with van der Waals surface area (Å²) in [6.45, 7) is 3.23. The van der Waals surface area contributed by atoms with Crippen molar-refractivity contribution in [1.82, 2.24) is 15.2 Å². The minimum atomic E-state index is -0.456. The number of rotatable bonds is 5. The molecule has 28 heavy (non-hydrogen) atoms. The van der Waals surface area contributed by atoms with Gasteiger partial charge in [0.05, 0.1) is 11.1 Å². The SMILES string of the molecule is O=C(NCCN1CC[C@@H](c2ccccc2)C1)c1cc(=O)[nH]c2cc(F)ccc12. The highest BCUT2D eigenvalue weighted by Crippen LogP contribution is 2.26. The third kappa shape index (κ3) is 3.97. The van der Waals surface area contributed by atoms with E-state index in [2.05, 4.69) is 39.5 Å². The van der Waals surface area contributed by atoms with Crippen molar-refractivity contribution in [3.05, 3.63) is 81.9 Å². The van der Waals surface area contributed by atoms with Crippen LogP contribution in [0, 0.1) is 5.82 Å². The van der Waals surface area contributed by atoms with Gasteiger partial charge in [-0.05, 0) is 42.6 Å². The largest absolute Gasteiger partial charge is 0.351 e. The molecule has 1 fully saturated rings. The Morgan fingerprint density at radius 3 is 2.82 bits per heavy atom. The van der Waals surface area contributed by atoms with Crippen molar-refractivity contribution < 1.29 is 9.18 Å². The first-order valence-electron chi connectivity index (χ1n) is 9.48. The monoisotopic (exact) mass is 379 g/mol. The number of benzene rings is 2. The number of nitrogens with one attached hydrogen (secondary N) is 2. The number of hydrogen-bond donors (Lipinski definition) is 2. The lowest BCUT2D eigenvalue weighted by Gasteiger charge is -2.17. The first-order valence-corrected chi connectivity index (χ1v) is 9.48. The molecule has 2 N–H and O–H groups in total. The molecule has 1 atom stereocenters. The highest BCUT2D eigenvalue weighted by Gasteiger charge is 2.23. The number of carbonyl (C=O) groups excluding carboxylic acids is 1. The summed E-state index contributed by atoms with van der Waals surface area (Å²) in [6, 6.07) is 15.8. The van der Waals surface area contributed by atoms with E-state index in [1.807, 2.05) is 6.07 Å². The number of amides is 1. The Bertz CT molecular complexity index is 1050. The Morgan fingerprint density at radius 1 is 1.18 bits per heavy atom. The molecule has 144 valence electrons. The molecule has 6 heteroatoms. The molecule has 1 aliphatic heterocycles. The Labute approximate surface area is 162 Å².